The normalized spacial score (nSPS) is 21.2. The third-order valence-electron chi connectivity index (χ3n) is 6.68. The molecule has 2 atom stereocenters. The van der Waals surface area contributed by atoms with Crippen LogP contribution >= 0.6 is 0 Å². The molecule has 0 unspecified atom stereocenters. The van der Waals surface area contributed by atoms with Crippen molar-refractivity contribution in [2.24, 2.45) is 0 Å². The van der Waals surface area contributed by atoms with Crippen molar-refractivity contribution in [1.82, 2.24) is 14.7 Å². The zero-order valence-corrected chi connectivity index (χ0v) is 19.5. The number of carbonyl (C=O) groups is 2. The van der Waals surface area contributed by atoms with Crippen molar-refractivity contribution in [3.8, 4) is 0 Å². The standard InChI is InChI=1S/C26H33N3O4/c1-32-18-16-27-12-14-28(15-13-27)26(31)23-21-10-6-7-11-22(21)25(30)29(17-19-33-2)24(23)20-8-4-3-5-9-20/h3-11,23-24H,12-19H2,1-2H3/t23-,24-/m0/s1. The van der Waals surface area contributed by atoms with E-state index in [2.05, 4.69) is 4.90 Å². The molecule has 2 aromatic carbocycles. The van der Waals surface area contributed by atoms with Crippen molar-refractivity contribution in [3.63, 3.8) is 0 Å². The first-order valence-corrected chi connectivity index (χ1v) is 11.6. The highest BCUT2D eigenvalue weighted by molar-refractivity contribution is 6.01. The summed E-state index contributed by atoms with van der Waals surface area (Å²) in [6.07, 6.45) is 0. The van der Waals surface area contributed by atoms with E-state index >= 15 is 0 Å². The molecule has 0 aromatic heterocycles. The van der Waals surface area contributed by atoms with E-state index in [4.69, 9.17) is 9.47 Å². The average molecular weight is 452 g/mol. The summed E-state index contributed by atoms with van der Waals surface area (Å²) in [6, 6.07) is 17.1. The number of benzene rings is 2. The van der Waals surface area contributed by atoms with Gasteiger partial charge in [-0.15, -0.1) is 0 Å². The monoisotopic (exact) mass is 451 g/mol. The second kappa shape index (κ2) is 10.9. The van der Waals surface area contributed by atoms with E-state index in [9.17, 15) is 9.59 Å². The lowest BCUT2D eigenvalue weighted by Gasteiger charge is -2.44. The van der Waals surface area contributed by atoms with Gasteiger partial charge in [-0.3, -0.25) is 14.5 Å². The lowest BCUT2D eigenvalue weighted by Crippen LogP contribution is -2.54. The highest BCUT2D eigenvalue weighted by Crippen LogP contribution is 2.43. The third kappa shape index (κ3) is 4.95. The second-order valence-corrected chi connectivity index (χ2v) is 8.57. The molecule has 7 nitrogen and oxygen atoms in total. The van der Waals surface area contributed by atoms with E-state index in [1.54, 1.807) is 14.2 Å². The Morgan fingerprint density at radius 1 is 0.879 bits per heavy atom. The van der Waals surface area contributed by atoms with Crippen LogP contribution in [0.3, 0.4) is 0 Å². The van der Waals surface area contributed by atoms with E-state index in [0.717, 1.165) is 30.8 Å². The number of hydrogen-bond donors (Lipinski definition) is 0. The maximum absolute atomic E-state index is 14.1. The summed E-state index contributed by atoms with van der Waals surface area (Å²) in [6.45, 7) is 5.41. The van der Waals surface area contributed by atoms with Gasteiger partial charge in [0.25, 0.3) is 5.91 Å². The second-order valence-electron chi connectivity index (χ2n) is 8.57. The zero-order valence-electron chi connectivity index (χ0n) is 19.5. The van der Waals surface area contributed by atoms with Gasteiger partial charge in [0, 0.05) is 59.1 Å². The molecule has 0 spiro atoms. The summed E-state index contributed by atoms with van der Waals surface area (Å²) in [5.74, 6) is -0.425. The Hall–Kier alpha value is -2.74. The summed E-state index contributed by atoms with van der Waals surface area (Å²) in [5.41, 5.74) is 2.39. The fourth-order valence-corrected chi connectivity index (χ4v) is 4.92. The molecule has 0 saturated carbocycles. The molecule has 2 heterocycles. The van der Waals surface area contributed by atoms with Crippen LogP contribution in [-0.4, -0.2) is 93.2 Å². The number of methoxy groups -OCH3 is 2. The van der Waals surface area contributed by atoms with Gasteiger partial charge in [-0.1, -0.05) is 48.5 Å². The first-order chi connectivity index (χ1) is 16.2. The summed E-state index contributed by atoms with van der Waals surface area (Å²) < 4.78 is 10.5. The minimum absolute atomic E-state index is 0.0510. The van der Waals surface area contributed by atoms with E-state index in [1.807, 2.05) is 64.4 Å². The van der Waals surface area contributed by atoms with Crippen LogP contribution in [0.4, 0.5) is 0 Å². The highest BCUT2D eigenvalue weighted by Gasteiger charge is 2.45. The fourth-order valence-electron chi connectivity index (χ4n) is 4.92. The van der Waals surface area contributed by atoms with Crippen LogP contribution < -0.4 is 0 Å². The first-order valence-electron chi connectivity index (χ1n) is 11.6. The minimum atomic E-state index is -0.455. The lowest BCUT2D eigenvalue weighted by molar-refractivity contribution is -0.136. The SMILES string of the molecule is COCCN1CCN(C(=O)[C@H]2c3ccccc3C(=O)N(CCOC)[C@H]2c2ccccc2)CC1. The number of amides is 2. The molecule has 0 N–H and O–H groups in total. The van der Waals surface area contributed by atoms with Gasteiger partial charge in [0.15, 0.2) is 0 Å². The molecule has 0 radical (unpaired) electrons. The maximum Gasteiger partial charge on any atom is 0.254 e. The van der Waals surface area contributed by atoms with Gasteiger partial charge in [0.2, 0.25) is 5.91 Å². The minimum Gasteiger partial charge on any atom is -0.383 e. The zero-order chi connectivity index (χ0) is 23.2. The molecule has 7 heteroatoms. The van der Waals surface area contributed by atoms with Crippen molar-refractivity contribution in [2.45, 2.75) is 12.0 Å². The number of rotatable bonds is 8. The summed E-state index contributed by atoms with van der Waals surface area (Å²) in [4.78, 5) is 33.7. The predicted octanol–water partition coefficient (Wildman–Crippen LogP) is 2.40. The van der Waals surface area contributed by atoms with Gasteiger partial charge in [0.1, 0.15) is 0 Å². The van der Waals surface area contributed by atoms with Gasteiger partial charge in [0.05, 0.1) is 25.2 Å². The molecular weight excluding hydrogens is 418 g/mol. The van der Waals surface area contributed by atoms with Gasteiger partial charge in [-0.25, -0.2) is 0 Å². The molecule has 33 heavy (non-hydrogen) atoms. The number of piperazine rings is 1. The number of carbonyl (C=O) groups excluding carboxylic acids is 2. The largest absolute Gasteiger partial charge is 0.383 e. The van der Waals surface area contributed by atoms with Crippen molar-refractivity contribution in [2.75, 3.05) is 66.7 Å². The third-order valence-corrected chi connectivity index (χ3v) is 6.68. The molecule has 2 aromatic rings. The average Bonchev–Trinajstić information content (AvgIpc) is 2.87. The van der Waals surface area contributed by atoms with Gasteiger partial charge in [-0.05, 0) is 17.2 Å². The Bertz CT molecular complexity index is 944. The molecule has 0 aliphatic carbocycles. The van der Waals surface area contributed by atoms with Gasteiger partial charge < -0.3 is 19.3 Å². The number of nitrogens with zero attached hydrogens (tertiary/aromatic N) is 3. The van der Waals surface area contributed by atoms with Crippen LogP contribution in [0.15, 0.2) is 54.6 Å². The Kier molecular flexibility index (Phi) is 7.75. The van der Waals surface area contributed by atoms with Crippen molar-refractivity contribution >= 4 is 11.8 Å². The topological polar surface area (TPSA) is 62.3 Å². The van der Waals surface area contributed by atoms with Crippen molar-refractivity contribution in [1.29, 1.82) is 0 Å². The molecule has 1 saturated heterocycles. The molecule has 4 rings (SSSR count). The number of ether oxygens (including phenoxy) is 2. The van der Waals surface area contributed by atoms with Crippen LogP contribution in [0, 0.1) is 0 Å². The van der Waals surface area contributed by atoms with Gasteiger partial charge in [-0.2, -0.15) is 0 Å². The summed E-state index contributed by atoms with van der Waals surface area (Å²) in [7, 11) is 3.34. The van der Waals surface area contributed by atoms with Gasteiger partial charge >= 0.3 is 0 Å². The number of fused-ring (bicyclic) bond motifs is 1. The van der Waals surface area contributed by atoms with Crippen molar-refractivity contribution < 1.29 is 19.1 Å². The van der Waals surface area contributed by atoms with Crippen LogP contribution in [0.1, 0.15) is 33.4 Å². The Labute approximate surface area is 195 Å². The maximum atomic E-state index is 14.1. The Balaban J connectivity index is 1.69. The fraction of sp³-hybridized carbons (Fsp3) is 0.462. The van der Waals surface area contributed by atoms with E-state index in [1.165, 1.54) is 0 Å². The quantitative estimate of drug-likeness (QED) is 0.617. The highest BCUT2D eigenvalue weighted by atomic mass is 16.5. The van der Waals surface area contributed by atoms with Crippen LogP contribution in [0.25, 0.3) is 0 Å². The molecular formula is C26H33N3O4. The molecule has 2 amide bonds. The van der Waals surface area contributed by atoms with E-state index in [0.29, 0.717) is 38.4 Å². The smallest absolute Gasteiger partial charge is 0.254 e. The summed E-state index contributed by atoms with van der Waals surface area (Å²) in [5, 5.41) is 0. The lowest BCUT2D eigenvalue weighted by atomic mass is 9.78. The Morgan fingerprint density at radius 2 is 1.52 bits per heavy atom. The molecule has 0 bridgehead atoms. The molecule has 2 aliphatic heterocycles. The van der Waals surface area contributed by atoms with Crippen LogP contribution in [-0.2, 0) is 14.3 Å². The predicted molar refractivity (Wildman–Crippen MR) is 126 cm³/mol. The van der Waals surface area contributed by atoms with Crippen LogP contribution in [0.2, 0.25) is 0 Å². The Morgan fingerprint density at radius 3 is 2.21 bits per heavy atom. The van der Waals surface area contributed by atoms with Crippen molar-refractivity contribution in [3.05, 3.63) is 71.3 Å². The molecule has 176 valence electrons. The van der Waals surface area contributed by atoms with E-state index < -0.39 is 5.92 Å². The van der Waals surface area contributed by atoms with Crippen LogP contribution in [0.5, 0.6) is 0 Å². The first kappa shape index (κ1) is 23.4. The molecule has 2 aliphatic rings. The number of hydrogen-bond acceptors (Lipinski definition) is 5. The van der Waals surface area contributed by atoms with E-state index in [-0.39, 0.29) is 17.9 Å². The molecule has 1 fully saturated rings. The summed E-state index contributed by atoms with van der Waals surface area (Å²) >= 11 is 0.